The van der Waals surface area contributed by atoms with Gasteiger partial charge in [-0.3, -0.25) is 0 Å². The van der Waals surface area contributed by atoms with Crippen molar-refractivity contribution in [1.29, 1.82) is 0 Å². The van der Waals surface area contributed by atoms with Gasteiger partial charge < -0.3 is 16.0 Å². The molecule has 2 aliphatic rings. The molecule has 1 saturated carbocycles. The minimum absolute atomic E-state index is 0.0160. The van der Waals surface area contributed by atoms with Gasteiger partial charge in [0.1, 0.15) is 5.82 Å². The van der Waals surface area contributed by atoms with Crippen molar-refractivity contribution < 1.29 is 8.78 Å². The van der Waals surface area contributed by atoms with Crippen molar-refractivity contribution in [3.8, 4) is 22.6 Å². The van der Waals surface area contributed by atoms with Gasteiger partial charge >= 0.3 is 0 Å². The summed E-state index contributed by atoms with van der Waals surface area (Å²) < 4.78 is 29.0. The summed E-state index contributed by atoms with van der Waals surface area (Å²) in [5, 5.41) is 7.76. The van der Waals surface area contributed by atoms with Crippen LogP contribution in [0.25, 0.3) is 22.6 Å². The Kier molecular flexibility index (Phi) is 4.87. The minimum atomic E-state index is -2.54. The van der Waals surface area contributed by atoms with Crippen LogP contribution in [0.2, 0.25) is 0 Å². The molecule has 2 atom stereocenters. The first kappa shape index (κ1) is 21.4. The Morgan fingerprint density at radius 3 is 2.49 bits per heavy atom. The molecule has 11 heteroatoms. The molecule has 9 nitrogen and oxygen atoms in total. The maximum absolute atomic E-state index is 13.7. The first-order chi connectivity index (χ1) is 16.9. The fourth-order valence-electron chi connectivity index (χ4n) is 4.79. The van der Waals surface area contributed by atoms with E-state index in [4.69, 9.17) is 5.73 Å². The number of alkyl halides is 2. The second kappa shape index (κ2) is 7.97. The SMILES string of the molecule is Cn1nc(-c2ccc(N3CC4CC(F)(F)C4C3)nc2)nc1Nc1ccc(-c2ccnc(N)n2)cc1. The van der Waals surface area contributed by atoms with Crippen LogP contribution >= 0.6 is 0 Å². The summed E-state index contributed by atoms with van der Waals surface area (Å²) in [4.78, 5) is 19.2. The predicted molar refractivity (Wildman–Crippen MR) is 128 cm³/mol. The molecular formula is C24H23F2N9. The molecule has 0 radical (unpaired) electrons. The number of hydrogen-bond acceptors (Lipinski definition) is 8. The first-order valence-electron chi connectivity index (χ1n) is 11.3. The summed E-state index contributed by atoms with van der Waals surface area (Å²) in [6.45, 7) is 0.981. The minimum Gasteiger partial charge on any atom is -0.368 e. The third-order valence-corrected chi connectivity index (χ3v) is 6.72. The highest BCUT2D eigenvalue weighted by atomic mass is 19.3. The molecule has 1 aliphatic heterocycles. The molecule has 0 bridgehead atoms. The Morgan fingerprint density at radius 2 is 1.80 bits per heavy atom. The van der Waals surface area contributed by atoms with Gasteiger partial charge in [-0.15, -0.1) is 5.10 Å². The molecule has 1 saturated heterocycles. The van der Waals surface area contributed by atoms with Gasteiger partial charge in [-0.05, 0) is 36.2 Å². The van der Waals surface area contributed by atoms with E-state index in [1.807, 2.05) is 41.3 Å². The number of nitrogens with one attached hydrogen (secondary N) is 1. The number of pyridine rings is 1. The van der Waals surface area contributed by atoms with E-state index in [-0.39, 0.29) is 18.3 Å². The van der Waals surface area contributed by atoms with Gasteiger partial charge in [-0.2, -0.15) is 4.98 Å². The topological polar surface area (TPSA) is 111 Å². The Labute approximate surface area is 200 Å². The summed E-state index contributed by atoms with van der Waals surface area (Å²) in [6.07, 6.45) is 3.30. The molecule has 2 fully saturated rings. The van der Waals surface area contributed by atoms with Crippen molar-refractivity contribution in [2.45, 2.75) is 12.3 Å². The molecule has 1 aromatic carbocycles. The lowest BCUT2D eigenvalue weighted by Gasteiger charge is -2.38. The van der Waals surface area contributed by atoms with Crippen molar-refractivity contribution in [3.05, 3.63) is 54.9 Å². The lowest BCUT2D eigenvalue weighted by atomic mass is 9.72. The lowest BCUT2D eigenvalue weighted by Crippen LogP contribution is -2.46. The van der Waals surface area contributed by atoms with Crippen molar-refractivity contribution >= 4 is 23.4 Å². The first-order valence-corrected chi connectivity index (χ1v) is 11.3. The van der Waals surface area contributed by atoms with Crippen LogP contribution in [0.3, 0.4) is 0 Å². The van der Waals surface area contributed by atoms with Gasteiger partial charge in [0.25, 0.3) is 5.92 Å². The number of halogens is 2. The average Bonchev–Trinajstić information content (AvgIpc) is 3.40. The number of rotatable bonds is 5. The Balaban J connectivity index is 1.15. The molecule has 6 rings (SSSR count). The second-order valence-corrected chi connectivity index (χ2v) is 9.03. The summed E-state index contributed by atoms with van der Waals surface area (Å²) in [5.41, 5.74) is 8.93. The molecule has 2 unspecified atom stereocenters. The summed E-state index contributed by atoms with van der Waals surface area (Å²) in [6, 6.07) is 13.2. The highest BCUT2D eigenvalue weighted by Gasteiger charge is 2.59. The van der Waals surface area contributed by atoms with Gasteiger partial charge in [-0.1, -0.05) is 12.1 Å². The number of aryl methyl sites for hydroxylation is 1. The van der Waals surface area contributed by atoms with Crippen molar-refractivity contribution in [3.63, 3.8) is 0 Å². The maximum atomic E-state index is 13.7. The second-order valence-electron chi connectivity index (χ2n) is 9.03. The number of fused-ring (bicyclic) bond motifs is 1. The van der Waals surface area contributed by atoms with Crippen LogP contribution in [0, 0.1) is 11.8 Å². The molecule has 0 amide bonds. The number of benzene rings is 1. The van der Waals surface area contributed by atoms with E-state index in [0.29, 0.717) is 30.7 Å². The molecule has 0 spiro atoms. The monoisotopic (exact) mass is 475 g/mol. The van der Waals surface area contributed by atoms with E-state index in [0.717, 1.165) is 22.5 Å². The van der Waals surface area contributed by atoms with Crippen LogP contribution in [0.15, 0.2) is 54.9 Å². The van der Waals surface area contributed by atoms with Crippen LogP contribution < -0.4 is 16.0 Å². The van der Waals surface area contributed by atoms with Gasteiger partial charge in [0.2, 0.25) is 11.9 Å². The van der Waals surface area contributed by atoms with Gasteiger partial charge in [0.15, 0.2) is 5.82 Å². The van der Waals surface area contributed by atoms with E-state index < -0.39 is 11.8 Å². The smallest absolute Gasteiger partial charge is 0.253 e. The number of anilines is 4. The van der Waals surface area contributed by atoms with Crippen molar-refractivity contribution in [1.82, 2.24) is 29.7 Å². The third-order valence-electron chi connectivity index (χ3n) is 6.72. The Hall–Kier alpha value is -4.15. The van der Waals surface area contributed by atoms with Crippen LogP contribution in [-0.2, 0) is 7.05 Å². The molecular weight excluding hydrogens is 452 g/mol. The highest BCUT2D eigenvalue weighted by Crippen LogP contribution is 2.52. The number of hydrogen-bond donors (Lipinski definition) is 2. The molecule has 3 aromatic heterocycles. The summed E-state index contributed by atoms with van der Waals surface area (Å²) >= 11 is 0. The molecule has 1 aliphatic carbocycles. The molecule has 3 N–H and O–H groups in total. The summed E-state index contributed by atoms with van der Waals surface area (Å²) in [7, 11) is 1.80. The fourth-order valence-corrected chi connectivity index (χ4v) is 4.79. The summed E-state index contributed by atoms with van der Waals surface area (Å²) in [5.74, 6) is -0.998. The largest absolute Gasteiger partial charge is 0.368 e. The van der Waals surface area contributed by atoms with Crippen LogP contribution in [0.1, 0.15) is 6.42 Å². The standard InChI is InChI=1S/C24H23F2N9/c1-34-23(30-17-5-2-14(3-6-17)19-8-9-28-22(27)31-19)32-21(33-34)15-4-7-20(29-11-15)35-12-16-10-24(25,26)18(16)13-35/h2-9,11,16,18H,10,12-13H2,1H3,(H2,27,28,31)(H,30,32,33). The van der Waals surface area contributed by atoms with E-state index in [9.17, 15) is 8.78 Å². The quantitative estimate of drug-likeness (QED) is 0.449. The fraction of sp³-hybridized carbons (Fsp3) is 0.292. The number of aromatic nitrogens is 6. The maximum Gasteiger partial charge on any atom is 0.253 e. The zero-order chi connectivity index (χ0) is 24.2. The lowest BCUT2D eigenvalue weighted by molar-refractivity contribution is -0.152. The number of nitrogens with zero attached hydrogens (tertiary/aromatic N) is 7. The number of nitrogen functional groups attached to an aromatic ring is 1. The molecule has 178 valence electrons. The third kappa shape index (κ3) is 3.92. The Morgan fingerprint density at radius 1 is 1.00 bits per heavy atom. The van der Waals surface area contributed by atoms with E-state index in [1.165, 1.54) is 0 Å². The van der Waals surface area contributed by atoms with E-state index >= 15 is 0 Å². The van der Waals surface area contributed by atoms with Crippen LogP contribution in [0.4, 0.5) is 32.2 Å². The highest BCUT2D eigenvalue weighted by molar-refractivity contribution is 5.66. The zero-order valence-corrected chi connectivity index (χ0v) is 18.9. The van der Waals surface area contributed by atoms with Gasteiger partial charge in [0.05, 0.1) is 5.69 Å². The van der Waals surface area contributed by atoms with Crippen molar-refractivity contribution in [2.75, 3.05) is 29.0 Å². The average molecular weight is 476 g/mol. The van der Waals surface area contributed by atoms with Crippen molar-refractivity contribution in [2.24, 2.45) is 18.9 Å². The normalized spacial score (nSPS) is 20.4. The zero-order valence-electron chi connectivity index (χ0n) is 18.9. The Bertz CT molecular complexity index is 1370. The molecule has 4 aromatic rings. The molecule has 4 heterocycles. The van der Waals surface area contributed by atoms with E-state index in [1.54, 1.807) is 30.2 Å². The predicted octanol–water partition coefficient (Wildman–Crippen LogP) is 3.75. The van der Waals surface area contributed by atoms with E-state index in [2.05, 4.69) is 30.4 Å². The van der Waals surface area contributed by atoms with Gasteiger partial charge in [-0.25, -0.2) is 28.4 Å². The number of nitrogens with two attached hydrogens (primary N) is 1. The van der Waals surface area contributed by atoms with Crippen LogP contribution in [0.5, 0.6) is 0 Å². The van der Waals surface area contributed by atoms with Crippen LogP contribution in [-0.4, -0.2) is 48.7 Å². The van der Waals surface area contributed by atoms with Gasteiger partial charge in [0, 0.05) is 61.7 Å². The molecule has 35 heavy (non-hydrogen) atoms.